The third-order valence-electron chi connectivity index (χ3n) is 5.55. The van der Waals surface area contributed by atoms with Gasteiger partial charge < -0.3 is 9.64 Å². The van der Waals surface area contributed by atoms with Crippen LogP contribution in [0.15, 0.2) is 48.5 Å². The fourth-order valence-corrected chi connectivity index (χ4v) is 3.84. The molecule has 0 aliphatic carbocycles. The Bertz CT molecular complexity index is 775. The molecule has 142 valence electrons. The van der Waals surface area contributed by atoms with Gasteiger partial charge in [-0.05, 0) is 67.7 Å². The minimum Gasteiger partial charge on any atom is -0.487 e. The molecule has 4 rings (SSSR count). The number of likely N-dealkylation sites (tertiary alicyclic amines) is 2. The quantitative estimate of drug-likeness (QED) is 0.783. The van der Waals surface area contributed by atoms with Crippen LogP contribution in [-0.2, 0) is 13.0 Å². The van der Waals surface area contributed by atoms with Gasteiger partial charge in [0, 0.05) is 12.1 Å². The van der Waals surface area contributed by atoms with Gasteiger partial charge in [-0.1, -0.05) is 31.2 Å². The van der Waals surface area contributed by atoms with E-state index in [1.54, 1.807) is 0 Å². The molecular weight excluding hydrogens is 336 g/mol. The van der Waals surface area contributed by atoms with Crippen LogP contribution in [0.4, 0.5) is 0 Å². The first-order valence-corrected chi connectivity index (χ1v) is 10.1. The largest absolute Gasteiger partial charge is 0.487 e. The van der Waals surface area contributed by atoms with Crippen LogP contribution in [0.25, 0.3) is 0 Å². The molecule has 0 unspecified atom stereocenters. The molecule has 0 N–H and O–H groups in total. The molecule has 0 atom stereocenters. The minimum atomic E-state index is 0.0931. The van der Waals surface area contributed by atoms with Gasteiger partial charge in [0.1, 0.15) is 11.9 Å². The Hall–Kier alpha value is -2.33. The Morgan fingerprint density at radius 3 is 2.48 bits per heavy atom. The molecule has 4 heteroatoms. The van der Waals surface area contributed by atoms with Gasteiger partial charge in [0.05, 0.1) is 13.1 Å². The number of benzene rings is 2. The highest BCUT2D eigenvalue weighted by Crippen LogP contribution is 2.22. The number of ether oxygens (including phenoxy) is 1. The van der Waals surface area contributed by atoms with Gasteiger partial charge in [-0.15, -0.1) is 0 Å². The molecule has 0 spiro atoms. The van der Waals surface area contributed by atoms with Crippen LogP contribution in [-0.4, -0.2) is 48.0 Å². The summed E-state index contributed by atoms with van der Waals surface area (Å²) in [6.45, 7) is 6.83. The monoisotopic (exact) mass is 364 g/mol. The zero-order chi connectivity index (χ0) is 18.6. The summed E-state index contributed by atoms with van der Waals surface area (Å²) in [4.78, 5) is 17.0. The third kappa shape index (κ3) is 4.33. The summed E-state index contributed by atoms with van der Waals surface area (Å²) >= 11 is 0. The van der Waals surface area contributed by atoms with Gasteiger partial charge in [-0.25, -0.2) is 0 Å². The van der Waals surface area contributed by atoms with Crippen molar-refractivity contribution >= 4 is 5.91 Å². The smallest absolute Gasteiger partial charge is 0.254 e. The molecule has 27 heavy (non-hydrogen) atoms. The molecular formula is C23H28N2O2. The average molecular weight is 364 g/mol. The molecule has 1 amide bonds. The third-order valence-corrected chi connectivity index (χ3v) is 5.55. The lowest BCUT2D eigenvalue weighted by atomic mass is 10.1. The molecule has 2 aliphatic rings. The van der Waals surface area contributed by atoms with Crippen LogP contribution in [0.2, 0.25) is 0 Å². The van der Waals surface area contributed by atoms with Crippen molar-refractivity contribution in [3.63, 3.8) is 0 Å². The molecule has 4 nitrogen and oxygen atoms in total. The Labute approximate surface area is 161 Å². The maximum Gasteiger partial charge on any atom is 0.254 e. The van der Waals surface area contributed by atoms with Gasteiger partial charge in [-0.2, -0.15) is 0 Å². The summed E-state index contributed by atoms with van der Waals surface area (Å²) in [7, 11) is 0. The van der Waals surface area contributed by atoms with Crippen LogP contribution in [0.5, 0.6) is 5.75 Å². The van der Waals surface area contributed by atoms with Crippen molar-refractivity contribution in [3.8, 4) is 5.75 Å². The molecule has 0 bridgehead atoms. The Morgan fingerprint density at radius 2 is 1.78 bits per heavy atom. The minimum absolute atomic E-state index is 0.0931. The predicted molar refractivity (Wildman–Crippen MR) is 107 cm³/mol. The molecule has 2 heterocycles. The highest BCUT2D eigenvalue weighted by atomic mass is 16.5. The average Bonchev–Trinajstić information content (AvgIpc) is 3.17. The van der Waals surface area contributed by atoms with Crippen LogP contribution in [0.3, 0.4) is 0 Å². The second-order valence-electron chi connectivity index (χ2n) is 7.63. The van der Waals surface area contributed by atoms with E-state index in [1.165, 1.54) is 37.1 Å². The number of amides is 1. The summed E-state index contributed by atoms with van der Waals surface area (Å²) < 4.78 is 6.00. The van der Waals surface area contributed by atoms with Crippen molar-refractivity contribution in [2.45, 2.75) is 38.8 Å². The lowest BCUT2D eigenvalue weighted by molar-refractivity contribution is 0.0177. The molecule has 0 radical (unpaired) electrons. The normalized spacial score (nSPS) is 17.7. The maximum absolute atomic E-state index is 12.6. The first-order chi connectivity index (χ1) is 13.2. The van der Waals surface area contributed by atoms with Crippen molar-refractivity contribution < 1.29 is 9.53 Å². The van der Waals surface area contributed by atoms with Crippen LogP contribution in [0.1, 0.15) is 41.3 Å². The van der Waals surface area contributed by atoms with Crippen LogP contribution >= 0.6 is 0 Å². The topological polar surface area (TPSA) is 32.8 Å². The lowest BCUT2D eigenvalue weighted by Gasteiger charge is -2.39. The second-order valence-corrected chi connectivity index (χ2v) is 7.63. The molecule has 2 fully saturated rings. The zero-order valence-electron chi connectivity index (χ0n) is 16.1. The Balaban J connectivity index is 1.28. The summed E-state index contributed by atoms with van der Waals surface area (Å²) in [5.41, 5.74) is 3.33. The highest BCUT2D eigenvalue weighted by Gasteiger charge is 2.32. The van der Waals surface area contributed by atoms with E-state index in [4.69, 9.17) is 4.74 Å². The summed E-state index contributed by atoms with van der Waals surface area (Å²) in [5.74, 6) is 1.00. The lowest BCUT2D eigenvalue weighted by Crippen LogP contribution is -2.56. The van der Waals surface area contributed by atoms with Crippen molar-refractivity contribution in [3.05, 3.63) is 65.2 Å². The van der Waals surface area contributed by atoms with E-state index in [-0.39, 0.29) is 12.0 Å². The van der Waals surface area contributed by atoms with Gasteiger partial charge >= 0.3 is 0 Å². The number of aryl methyl sites for hydroxylation is 1. The fraction of sp³-hybridized carbons (Fsp3) is 0.435. The van der Waals surface area contributed by atoms with Crippen LogP contribution < -0.4 is 4.74 Å². The summed E-state index contributed by atoms with van der Waals surface area (Å²) in [6.07, 6.45) is 3.70. The number of carbonyl (C=O) groups excluding carboxylic acids is 1. The van der Waals surface area contributed by atoms with Crippen LogP contribution in [0, 0.1) is 0 Å². The van der Waals surface area contributed by atoms with E-state index in [0.717, 1.165) is 24.3 Å². The van der Waals surface area contributed by atoms with Crippen molar-refractivity contribution in [2.24, 2.45) is 0 Å². The first kappa shape index (κ1) is 18.1. The summed E-state index contributed by atoms with van der Waals surface area (Å²) in [6, 6.07) is 16.3. The van der Waals surface area contributed by atoms with Gasteiger partial charge in [0.25, 0.3) is 5.91 Å². The van der Waals surface area contributed by atoms with E-state index in [1.807, 2.05) is 29.2 Å². The second kappa shape index (κ2) is 8.13. The van der Waals surface area contributed by atoms with E-state index in [0.29, 0.717) is 13.1 Å². The van der Waals surface area contributed by atoms with Gasteiger partial charge in [0.2, 0.25) is 0 Å². The van der Waals surface area contributed by atoms with Gasteiger partial charge in [-0.3, -0.25) is 9.69 Å². The Kier molecular flexibility index (Phi) is 5.44. The number of hydrogen-bond donors (Lipinski definition) is 0. The van der Waals surface area contributed by atoms with E-state index < -0.39 is 0 Å². The maximum atomic E-state index is 12.6. The predicted octanol–water partition coefficient (Wildman–Crippen LogP) is 3.75. The van der Waals surface area contributed by atoms with Crippen molar-refractivity contribution in [1.29, 1.82) is 0 Å². The highest BCUT2D eigenvalue weighted by molar-refractivity contribution is 5.94. The SMILES string of the molecule is CCc1cccc(OC2CN(C(=O)c3ccc(CN4CCCC4)cc3)C2)c1. The first-order valence-electron chi connectivity index (χ1n) is 10.1. The molecule has 2 aliphatic heterocycles. The zero-order valence-corrected chi connectivity index (χ0v) is 16.1. The number of nitrogens with zero attached hydrogens (tertiary/aromatic N) is 2. The van der Waals surface area contributed by atoms with Crippen molar-refractivity contribution in [2.75, 3.05) is 26.2 Å². The summed E-state index contributed by atoms with van der Waals surface area (Å²) in [5, 5.41) is 0. The molecule has 2 saturated heterocycles. The standard InChI is InChI=1S/C23H28N2O2/c1-2-18-6-5-7-21(14-18)27-22-16-25(17-22)23(26)20-10-8-19(9-11-20)15-24-12-3-4-13-24/h5-11,14,22H,2-4,12-13,15-17H2,1H3. The van der Waals surface area contributed by atoms with E-state index in [9.17, 15) is 4.79 Å². The number of hydrogen-bond acceptors (Lipinski definition) is 3. The molecule has 2 aromatic rings. The number of rotatable bonds is 6. The fourth-order valence-electron chi connectivity index (χ4n) is 3.84. The van der Waals surface area contributed by atoms with E-state index >= 15 is 0 Å². The molecule has 0 aromatic heterocycles. The Morgan fingerprint density at radius 1 is 1.04 bits per heavy atom. The number of carbonyl (C=O) groups is 1. The van der Waals surface area contributed by atoms with E-state index in [2.05, 4.69) is 36.1 Å². The van der Waals surface area contributed by atoms with Crippen molar-refractivity contribution in [1.82, 2.24) is 9.80 Å². The molecule has 2 aromatic carbocycles. The van der Waals surface area contributed by atoms with Gasteiger partial charge in [0.15, 0.2) is 0 Å². The molecule has 0 saturated carbocycles.